The Labute approximate surface area is 93.9 Å². The van der Waals surface area contributed by atoms with Gasteiger partial charge in [0.15, 0.2) is 5.78 Å². The molecule has 1 aliphatic rings. The van der Waals surface area contributed by atoms with Crippen LogP contribution in [0.25, 0.3) is 0 Å². The van der Waals surface area contributed by atoms with Crippen molar-refractivity contribution in [3.05, 3.63) is 12.2 Å². The van der Waals surface area contributed by atoms with E-state index >= 15 is 0 Å². The Morgan fingerprint density at radius 1 is 1.27 bits per heavy atom. The molecule has 0 saturated heterocycles. The molecule has 1 fully saturated rings. The monoisotopic (exact) mass is 208 g/mol. The third-order valence-corrected chi connectivity index (χ3v) is 4.34. The van der Waals surface area contributed by atoms with Crippen LogP contribution in [0.3, 0.4) is 0 Å². The standard InChI is InChI=1S/C14H24O/c1-10-6-7-11(2)14(4,5)13(10)9-8-12(3)15/h8-11,13H,6-7H2,1-5H3/b9-8+/t10-,11-,13?/m0/s1. The smallest absolute Gasteiger partial charge is 0.152 e. The largest absolute Gasteiger partial charge is 0.295 e. The van der Waals surface area contributed by atoms with Crippen molar-refractivity contribution < 1.29 is 4.79 Å². The number of hydrogen-bond donors (Lipinski definition) is 0. The Morgan fingerprint density at radius 3 is 2.40 bits per heavy atom. The molecule has 15 heavy (non-hydrogen) atoms. The van der Waals surface area contributed by atoms with Crippen LogP contribution in [-0.4, -0.2) is 5.78 Å². The molecule has 3 atom stereocenters. The van der Waals surface area contributed by atoms with Gasteiger partial charge in [0.2, 0.25) is 0 Å². The van der Waals surface area contributed by atoms with Gasteiger partial charge in [0.25, 0.3) is 0 Å². The predicted octanol–water partition coefficient (Wildman–Crippen LogP) is 3.84. The average molecular weight is 208 g/mol. The zero-order chi connectivity index (χ0) is 11.6. The number of rotatable bonds is 2. The fraction of sp³-hybridized carbons (Fsp3) is 0.786. The fourth-order valence-electron chi connectivity index (χ4n) is 2.80. The number of carbonyl (C=O) groups excluding carboxylic acids is 1. The summed E-state index contributed by atoms with van der Waals surface area (Å²) in [5.41, 5.74) is 0.323. The maximum atomic E-state index is 11.0. The maximum absolute atomic E-state index is 11.0. The van der Waals surface area contributed by atoms with Crippen molar-refractivity contribution in [2.75, 3.05) is 0 Å². The lowest BCUT2D eigenvalue weighted by atomic mass is 9.59. The van der Waals surface area contributed by atoms with Gasteiger partial charge >= 0.3 is 0 Å². The van der Waals surface area contributed by atoms with Crippen LogP contribution >= 0.6 is 0 Å². The molecule has 0 heterocycles. The second-order valence-electron chi connectivity index (χ2n) is 5.77. The van der Waals surface area contributed by atoms with E-state index in [1.807, 2.05) is 0 Å². The number of carbonyl (C=O) groups is 1. The zero-order valence-corrected chi connectivity index (χ0v) is 10.7. The van der Waals surface area contributed by atoms with E-state index in [4.69, 9.17) is 0 Å². The summed E-state index contributed by atoms with van der Waals surface area (Å²) in [7, 11) is 0. The summed E-state index contributed by atoms with van der Waals surface area (Å²) in [5.74, 6) is 2.16. The highest BCUT2D eigenvalue weighted by atomic mass is 16.1. The molecule has 0 aliphatic heterocycles. The van der Waals surface area contributed by atoms with Crippen molar-refractivity contribution >= 4 is 5.78 Å². The quantitative estimate of drug-likeness (QED) is 0.630. The van der Waals surface area contributed by atoms with E-state index in [9.17, 15) is 4.79 Å². The van der Waals surface area contributed by atoms with Crippen molar-refractivity contribution in [3.8, 4) is 0 Å². The van der Waals surface area contributed by atoms with Crippen molar-refractivity contribution in [1.82, 2.24) is 0 Å². The Hall–Kier alpha value is -0.590. The number of hydrogen-bond acceptors (Lipinski definition) is 1. The first-order valence-electron chi connectivity index (χ1n) is 6.04. The van der Waals surface area contributed by atoms with Crippen LogP contribution in [0, 0.1) is 23.2 Å². The summed E-state index contributed by atoms with van der Waals surface area (Å²) < 4.78 is 0. The lowest BCUT2D eigenvalue weighted by Crippen LogP contribution is -2.38. The third-order valence-electron chi connectivity index (χ3n) is 4.34. The highest BCUT2D eigenvalue weighted by Gasteiger charge is 2.39. The molecule has 1 heteroatoms. The van der Waals surface area contributed by atoms with Gasteiger partial charge in [-0.25, -0.2) is 0 Å². The number of allylic oxidation sites excluding steroid dienone is 2. The van der Waals surface area contributed by atoms with Gasteiger partial charge < -0.3 is 0 Å². The summed E-state index contributed by atoms with van der Waals surface area (Å²) in [5, 5.41) is 0. The van der Waals surface area contributed by atoms with Gasteiger partial charge in [0.1, 0.15) is 0 Å². The lowest BCUT2D eigenvalue weighted by Gasteiger charge is -2.46. The maximum Gasteiger partial charge on any atom is 0.152 e. The Morgan fingerprint density at radius 2 is 1.87 bits per heavy atom. The first kappa shape index (κ1) is 12.5. The first-order chi connectivity index (χ1) is 6.85. The van der Waals surface area contributed by atoms with Crippen LogP contribution in [0.2, 0.25) is 0 Å². The topological polar surface area (TPSA) is 17.1 Å². The van der Waals surface area contributed by atoms with E-state index in [1.165, 1.54) is 12.8 Å². The van der Waals surface area contributed by atoms with Crippen molar-refractivity contribution in [3.63, 3.8) is 0 Å². The molecule has 1 unspecified atom stereocenters. The fourth-order valence-corrected chi connectivity index (χ4v) is 2.80. The first-order valence-corrected chi connectivity index (χ1v) is 6.04. The second-order valence-corrected chi connectivity index (χ2v) is 5.77. The second kappa shape index (κ2) is 4.51. The molecule has 1 nitrogen and oxygen atoms in total. The molecule has 0 amide bonds. The molecule has 1 rings (SSSR count). The average Bonchev–Trinajstić information content (AvgIpc) is 2.11. The van der Waals surface area contributed by atoms with E-state index in [0.717, 1.165) is 5.92 Å². The summed E-state index contributed by atoms with van der Waals surface area (Å²) in [6.07, 6.45) is 6.50. The highest BCUT2D eigenvalue weighted by Crippen LogP contribution is 2.48. The minimum absolute atomic E-state index is 0.163. The van der Waals surface area contributed by atoms with E-state index in [2.05, 4.69) is 33.8 Å². The minimum atomic E-state index is 0.163. The van der Waals surface area contributed by atoms with E-state index in [0.29, 0.717) is 17.3 Å². The van der Waals surface area contributed by atoms with E-state index in [1.54, 1.807) is 13.0 Å². The zero-order valence-electron chi connectivity index (χ0n) is 10.7. The Balaban J connectivity index is 2.85. The molecular formula is C14H24O. The van der Waals surface area contributed by atoms with Crippen LogP contribution in [0.15, 0.2) is 12.2 Å². The molecule has 0 aromatic heterocycles. The molecule has 1 aliphatic carbocycles. The van der Waals surface area contributed by atoms with Gasteiger partial charge in [-0.2, -0.15) is 0 Å². The minimum Gasteiger partial charge on any atom is -0.295 e. The molecule has 0 spiro atoms. The molecule has 0 bridgehead atoms. The van der Waals surface area contributed by atoms with Gasteiger partial charge in [-0.1, -0.05) is 33.8 Å². The van der Waals surface area contributed by atoms with E-state index in [-0.39, 0.29) is 5.78 Å². The lowest BCUT2D eigenvalue weighted by molar-refractivity contribution is -0.112. The molecule has 0 N–H and O–H groups in total. The van der Waals surface area contributed by atoms with Crippen molar-refractivity contribution in [1.29, 1.82) is 0 Å². The van der Waals surface area contributed by atoms with E-state index < -0.39 is 0 Å². The van der Waals surface area contributed by atoms with Gasteiger partial charge in [-0.05, 0) is 49.0 Å². The van der Waals surface area contributed by atoms with Gasteiger partial charge in [0, 0.05) is 0 Å². The van der Waals surface area contributed by atoms with Crippen LogP contribution in [0.1, 0.15) is 47.5 Å². The Kier molecular flexibility index (Phi) is 3.75. The van der Waals surface area contributed by atoms with Crippen LogP contribution in [0.4, 0.5) is 0 Å². The van der Waals surface area contributed by atoms with Crippen LogP contribution < -0.4 is 0 Å². The molecule has 0 aromatic rings. The van der Waals surface area contributed by atoms with Gasteiger partial charge in [-0.15, -0.1) is 0 Å². The predicted molar refractivity (Wildman–Crippen MR) is 64.7 cm³/mol. The summed E-state index contributed by atoms with van der Waals surface area (Å²) in [4.78, 5) is 11.0. The molecule has 0 radical (unpaired) electrons. The molecule has 0 aromatic carbocycles. The normalized spacial score (nSPS) is 35.7. The number of ketones is 1. The molecule has 86 valence electrons. The van der Waals surface area contributed by atoms with Crippen molar-refractivity contribution in [2.45, 2.75) is 47.5 Å². The Bertz CT molecular complexity index is 263. The summed E-state index contributed by atoms with van der Waals surface area (Å²) >= 11 is 0. The van der Waals surface area contributed by atoms with Gasteiger partial charge in [-0.3, -0.25) is 4.79 Å². The molecule has 1 saturated carbocycles. The third kappa shape index (κ3) is 2.70. The molecular weight excluding hydrogens is 184 g/mol. The van der Waals surface area contributed by atoms with Gasteiger partial charge in [0.05, 0.1) is 0 Å². The van der Waals surface area contributed by atoms with Crippen molar-refractivity contribution in [2.24, 2.45) is 23.2 Å². The van der Waals surface area contributed by atoms with Crippen LogP contribution in [0.5, 0.6) is 0 Å². The highest BCUT2D eigenvalue weighted by molar-refractivity contribution is 5.87. The van der Waals surface area contributed by atoms with Crippen LogP contribution in [-0.2, 0) is 4.79 Å². The summed E-state index contributed by atoms with van der Waals surface area (Å²) in [6, 6.07) is 0. The SMILES string of the molecule is CC(=O)/C=C/C1[C@@H](C)CC[C@H](C)C1(C)C. The summed E-state index contributed by atoms with van der Waals surface area (Å²) in [6.45, 7) is 10.9.